The van der Waals surface area contributed by atoms with Gasteiger partial charge in [-0.1, -0.05) is 18.2 Å². The van der Waals surface area contributed by atoms with Crippen molar-refractivity contribution in [2.75, 3.05) is 0 Å². The summed E-state index contributed by atoms with van der Waals surface area (Å²) in [5.41, 5.74) is 7.30. The van der Waals surface area contributed by atoms with E-state index in [9.17, 15) is 0 Å². The molecule has 1 aromatic carbocycles. The van der Waals surface area contributed by atoms with E-state index >= 15 is 0 Å². The molecular weight excluding hydrogens is 202 g/mol. The van der Waals surface area contributed by atoms with Crippen LogP contribution < -0.4 is 10.5 Å². The van der Waals surface area contributed by atoms with Crippen molar-refractivity contribution in [3.05, 3.63) is 47.8 Å². The minimum absolute atomic E-state index is 0.331. The third kappa shape index (κ3) is 2.35. The van der Waals surface area contributed by atoms with Crippen LogP contribution in [0.3, 0.4) is 0 Å². The molecule has 0 radical (unpaired) electrons. The maximum Gasteiger partial charge on any atom is 0.322 e. The van der Waals surface area contributed by atoms with Crippen LogP contribution in [0.2, 0.25) is 0 Å². The molecule has 0 spiro atoms. The van der Waals surface area contributed by atoms with Gasteiger partial charge in [0.2, 0.25) is 0 Å². The minimum atomic E-state index is 0.331. The van der Waals surface area contributed by atoms with Gasteiger partial charge in [-0.2, -0.15) is 4.98 Å². The molecule has 2 N–H and O–H groups in total. The molecule has 0 atom stereocenters. The van der Waals surface area contributed by atoms with Gasteiger partial charge in [-0.15, -0.1) is 0 Å². The molecule has 1 aromatic heterocycles. The number of nitrogens with zero attached hydrogens (tertiary/aromatic N) is 2. The van der Waals surface area contributed by atoms with Crippen LogP contribution in [-0.4, -0.2) is 9.97 Å². The quantitative estimate of drug-likeness (QED) is 0.851. The first-order valence-electron chi connectivity index (χ1n) is 5.05. The lowest BCUT2D eigenvalue weighted by Crippen LogP contribution is -2.01. The number of rotatable bonds is 3. The number of benzene rings is 1. The smallest absolute Gasteiger partial charge is 0.322 e. The van der Waals surface area contributed by atoms with Crippen LogP contribution in [0.4, 0.5) is 0 Å². The highest BCUT2D eigenvalue weighted by atomic mass is 16.5. The number of hydrogen-bond acceptors (Lipinski definition) is 4. The molecule has 4 heteroatoms. The van der Waals surface area contributed by atoms with E-state index in [1.807, 2.05) is 31.2 Å². The number of ether oxygens (including phenoxy) is 1. The summed E-state index contributed by atoms with van der Waals surface area (Å²) in [6, 6.07) is 9.83. The van der Waals surface area contributed by atoms with E-state index in [0.29, 0.717) is 12.6 Å². The fourth-order valence-electron chi connectivity index (χ4n) is 1.31. The zero-order valence-electron chi connectivity index (χ0n) is 9.05. The number of aromatic nitrogens is 2. The Kier molecular flexibility index (Phi) is 3.12. The number of aryl methyl sites for hydroxylation is 1. The monoisotopic (exact) mass is 215 g/mol. The molecule has 82 valence electrons. The Hall–Kier alpha value is -1.94. The van der Waals surface area contributed by atoms with Crippen molar-refractivity contribution < 1.29 is 4.74 Å². The first-order valence-corrected chi connectivity index (χ1v) is 5.05. The normalized spacial score (nSPS) is 10.1. The highest BCUT2D eigenvalue weighted by Gasteiger charge is 2.03. The fourth-order valence-corrected chi connectivity index (χ4v) is 1.31. The molecule has 0 aliphatic rings. The highest BCUT2D eigenvalue weighted by molar-refractivity contribution is 5.33. The van der Waals surface area contributed by atoms with Crippen LogP contribution in [0, 0.1) is 6.92 Å². The van der Waals surface area contributed by atoms with Crippen molar-refractivity contribution in [3.8, 4) is 11.8 Å². The number of nitrogens with two attached hydrogens (primary N) is 1. The van der Waals surface area contributed by atoms with E-state index in [-0.39, 0.29) is 0 Å². The van der Waals surface area contributed by atoms with Gasteiger partial charge in [0.05, 0.1) is 5.69 Å². The standard InChI is InChI=1S/C12H13N3O/c1-9-4-2-3-5-11(9)16-12-14-7-6-10(8-13)15-12/h2-7H,8,13H2,1H3. The number of hydrogen-bond donors (Lipinski definition) is 1. The highest BCUT2D eigenvalue weighted by Crippen LogP contribution is 2.21. The van der Waals surface area contributed by atoms with Gasteiger partial charge in [-0.05, 0) is 24.6 Å². The molecule has 0 amide bonds. The summed E-state index contributed by atoms with van der Waals surface area (Å²) in [5.74, 6) is 0.761. The summed E-state index contributed by atoms with van der Waals surface area (Å²) in [5, 5.41) is 0. The molecule has 16 heavy (non-hydrogen) atoms. The van der Waals surface area contributed by atoms with E-state index in [0.717, 1.165) is 17.0 Å². The Morgan fingerprint density at radius 1 is 1.25 bits per heavy atom. The summed E-state index contributed by atoms with van der Waals surface area (Å²) in [6.07, 6.45) is 1.64. The average molecular weight is 215 g/mol. The first-order chi connectivity index (χ1) is 7.79. The lowest BCUT2D eigenvalue weighted by molar-refractivity contribution is 0.436. The predicted molar refractivity (Wildman–Crippen MR) is 61.2 cm³/mol. The van der Waals surface area contributed by atoms with Gasteiger partial charge in [0.1, 0.15) is 5.75 Å². The summed E-state index contributed by atoms with van der Waals surface area (Å²) in [4.78, 5) is 8.20. The Labute approximate surface area is 94.1 Å². The molecule has 0 aliphatic heterocycles. The summed E-state index contributed by atoms with van der Waals surface area (Å²) in [6.45, 7) is 2.36. The topological polar surface area (TPSA) is 61.0 Å². The molecule has 0 saturated carbocycles. The molecule has 1 heterocycles. The van der Waals surface area contributed by atoms with Crippen molar-refractivity contribution in [3.63, 3.8) is 0 Å². The van der Waals surface area contributed by atoms with E-state index in [2.05, 4.69) is 9.97 Å². The second-order valence-electron chi connectivity index (χ2n) is 3.40. The van der Waals surface area contributed by atoms with Crippen molar-refractivity contribution >= 4 is 0 Å². The van der Waals surface area contributed by atoms with Crippen LogP contribution in [-0.2, 0) is 6.54 Å². The van der Waals surface area contributed by atoms with E-state index in [4.69, 9.17) is 10.5 Å². The molecule has 0 fully saturated rings. The third-order valence-electron chi connectivity index (χ3n) is 2.20. The fraction of sp³-hybridized carbons (Fsp3) is 0.167. The zero-order chi connectivity index (χ0) is 11.4. The van der Waals surface area contributed by atoms with Crippen molar-refractivity contribution in [2.24, 2.45) is 5.73 Å². The van der Waals surface area contributed by atoms with Gasteiger partial charge < -0.3 is 10.5 Å². The molecule has 4 nitrogen and oxygen atoms in total. The third-order valence-corrected chi connectivity index (χ3v) is 2.20. The van der Waals surface area contributed by atoms with Crippen molar-refractivity contribution in [2.45, 2.75) is 13.5 Å². The van der Waals surface area contributed by atoms with Gasteiger partial charge in [0.15, 0.2) is 0 Å². The van der Waals surface area contributed by atoms with Crippen LogP contribution in [0.5, 0.6) is 11.8 Å². The Morgan fingerprint density at radius 2 is 2.06 bits per heavy atom. The predicted octanol–water partition coefficient (Wildman–Crippen LogP) is 2.04. The van der Waals surface area contributed by atoms with Crippen LogP contribution in [0.15, 0.2) is 36.5 Å². The zero-order valence-corrected chi connectivity index (χ0v) is 9.05. The van der Waals surface area contributed by atoms with Crippen molar-refractivity contribution in [1.29, 1.82) is 0 Å². The van der Waals surface area contributed by atoms with E-state index in [1.165, 1.54) is 0 Å². The molecule has 2 aromatic rings. The maximum atomic E-state index is 5.57. The van der Waals surface area contributed by atoms with Gasteiger partial charge >= 0.3 is 6.01 Å². The molecule has 0 unspecified atom stereocenters. The largest absolute Gasteiger partial charge is 0.424 e. The number of para-hydroxylation sites is 1. The van der Waals surface area contributed by atoms with Gasteiger partial charge in [0.25, 0.3) is 0 Å². The molecule has 0 bridgehead atoms. The Balaban J connectivity index is 2.24. The Bertz CT molecular complexity index is 485. The van der Waals surface area contributed by atoms with Crippen molar-refractivity contribution in [1.82, 2.24) is 9.97 Å². The lowest BCUT2D eigenvalue weighted by Gasteiger charge is -2.06. The molecular formula is C12H13N3O. The van der Waals surface area contributed by atoms with E-state index in [1.54, 1.807) is 12.3 Å². The second kappa shape index (κ2) is 4.72. The molecule has 0 saturated heterocycles. The van der Waals surface area contributed by atoms with Gasteiger partial charge in [-0.3, -0.25) is 0 Å². The Morgan fingerprint density at radius 3 is 2.81 bits per heavy atom. The first kappa shape index (κ1) is 10.6. The average Bonchev–Trinajstić information content (AvgIpc) is 2.32. The maximum absolute atomic E-state index is 5.57. The molecule has 0 aliphatic carbocycles. The van der Waals surface area contributed by atoms with E-state index < -0.39 is 0 Å². The van der Waals surface area contributed by atoms with Gasteiger partial charge in [-0.25, -0.2) is 4.98 Å². The van der Waals surface area contributed by atoms with Crippen LogP contribution >= 0.6 is 0 Å². The SMILES string of the molecule is Cc1ccccc1Oc1nccc(CN)n1. The van der Waals surface area contributed by atoms with Gasteiger partial charge in [0, 0.05) is 12.7 Å². The van der Waals surface area contributed by atoms with Crippen LogP contribution in [0.25, 0.3) is 0 Å². The second-order valence-corrected chi connectivity index (χ2v) is 3.40. The summed E-state index contributed by atoms with van der Waals surface area (Å²) in [7, 11) is 0. The van der Waals surface area contributed by atoms with Crippen LogP contribution in [0.1, 0.15) is 11.3 Å². The summed E-state index contributed by atoms with van der Waals surface area (Å²) >= 11 is 0. The lowest BCUT2D eigenvalue weighted by atomic mass is 10.2. The molecule has 2 rings (SSSR count). The summed E-state index contributed by atoms with van der Waals surface area (Å²) < 4.78 is 5.57. The minimum Gasteiger partial charge on any atom is -0.424 e.